The molecular weight excluding hydrogens is 265 g/mol. The molecule has 1 aliphatic rings. The van der Waals surface area contributed by atoms with Crippen molar-refractivity contribution in [1.29, 1.82) is 0 Å². The van der Waals surface area contributed by atoms with E-state index in [2.05, 4.69) is 6.92 Å². The van der Waals surface area contributed by atoms with Crippen molar-refractivity contribution in [3.63, 3.8) is 0 Å². The largest absolute Gasteiger partial charge is 0.327 e. The lowest BCUT2D eigenvalue weighted by molar-refractivity contribution is 0.319. The van der Waals surface area contributed by atoms with Gasteiger partial charge >= 0.3 is 0 Å². The van der Waals surface area contributed by atoms with Crippen LogP contribution in [0, 0.1) is 11.7 Å². The van der Waals surface area contributed by atoms with Gasteiger partial charge in [0, 0.05) is 6.04 Å². The Kier molecular flexibility index (Phi) is 4.26. The first-order valence-corrected chi connectivity index (χ1v) is 8.24. The summed E-state index contributed by atoms with van der Waals surface area (Å²) in [6.45, 7) is 2.07. The first-order chi connectivity index (χ1) is 8.95. The number of hydrogen-bond donors (Lipinski definition) is 1. The minimum absolute atomic E-state index is 0.172. The van der Waals surface area contributed by atoms with Crippen LogP contribution in [0.3, 0.4) is 0 Å². The fraction of sp³-hybridized carbons (Fsp3) is 0.571. The second-order valence-electron chi connectivity index (χ2n) is 5.29. The van der Waals surface area contributed by atoms with E-state index in [4.69, 9.17) is 5.73 Å². The lowest BCUT2D eigenvalue weighted by Crippen LogP contribution is -2.45. The quantitative estimate of drug-likeness (QED) is 0.868. The van der Waals surface area contributed by atoms with Crippen LogP contribution >= 0.6 is 0 Å². The molecule has 0 radical (unpaired) electrons. The van der Waals surface area contributed by atoms with Crippen molar-refractivity contribution in [1.82, 2.24) is 0 Å². The summed E-state index contributed by atoms with van der Waals surface area (Å²) in [5.41, 5.74) is 6.00. The molecule has 3 nitrogen and oxygen atoms in total. The Balaban J connectivity index is 2.29. The van der Waals surface area contributed by atoms with Gasteiger partial charge in [0.25, 0.3) is 0 Å². The Morgan fingerprint density at radius 2 is 1.89 bits per heavy atom. The Morgan fingerprint density at radius 1 is 1.26 bits per heavy atom. The molecule has 0 aromatic heterocycles. The standard InChI is InChI=1S/C14H20FNO2S/c1-2-10-3-8-13(16)14(9-10)19(17,18)12-6-4-11(15)5-7-12/h4-7,10,13-14H,2-3,8-9,16H2,1H3. The molecule has 0 spiro atoms. The van der Waals surface area contributed by atoms with Crippen LogP contribution in [0.4, 0.5) is 4.39 Å². The van der Waals surface area contributed by atoms with E-state index in [1.54, 1.807) is 0 Å². The summed E-state index contributed by atoms with van der Waals surface area (Å²) in [7, 11) is -3.46. The highest BCUT2D eigenvalue weighted by Gasteiger charge is 2.37. The molecule has 2 N–H and O–H groups in total. The second-order valence-corrected chi connectivity index (χ2v) is 7.46. The number of hydrogen-bond acceptors (Lipinski definition) is 3. The van der Waals surface area contributed by atoms with Gasteiger partial charge in [0.15, 0.2) is 9.84 Å². The highest BCUT2D eigenvalue weighted by Crippen LogP contribution is 2.33. The van der Waals surface area contributed by atoms with Crippen LogP contribution in [-0.4, -0.2) is 19.7 Å². The van der Waals surface area contributed by atoms with Crippen LogP contribution in [0.25, 0.3) is 0 Å². The summed E-state index contributed by atoms with van der Waals surface area (Å²) >= 11 is 0. The number of rotatable bonds is 3. The molecule has 5 heteroatoms. The highest BCUT2D eigenvalue weighted by molar-refractivity contribution is 7.92. The molecule has 1 fully saturated rings. The van der Waals surface area contributed by atoms with E-state index in [-0.39, 0.29) is 10.9 Å². The van der Waals surface area contributed by atoms with E-state index in [0.717, 1.165) is 19.3 Å². The van der Waals surface area contributed by atoms with Crippen LogP contribution in [0.15, 0.2) is 29.2 Å². The molecule has 3 atom stereocenters. The van der Waals surface area contributed by atoms with Crippen molar-refractivity contribution in [2.45, 2.75) is 48.8 Å². The summed E-state index contributed by atoms with van der Waals surface area (Å²) in [6, 6.07) is 4.69. The van der Waals surface area contributed by atoms with Gasteiger partial charge in [-0.25, -0.2) is 12.8 Å². The molecule has 1 saturated carbocycles. The molecule has 1 aliphatic carbocycles. The average Bonchev–Trinajstić information content (AvgIpc) is 2.39. The van der Waals surface area contributed by atoms with Gasteiger partial charge in [0.05, 0.1) is 10.1 Å². The zero-order valence-electron chi connectivity index (χ0n) is 11.0. The van der Waals surface area contributed by atoms with Crippen molar-refractivity contribution in [2.75, 3.05) is 0 Å². The van der Waals surface area contributed by atoms with Crippen molar-refractivity contribution < 1.29 is 12.8 Å². The van der Waals surface area contributed by atoms with E-state index in [1.807, 2.05) is 0 Å². The van der Waals surface area contributed by atoms with Gasteiger partial charge in [0.2, 0.25) is 0 Å². The molecule has 19 heavy (non-hydrogen) atoms. The van der Waals surface area contributed by atoms with Crippen LogP contribution in [-0.2, 0) is 9.84 Å². The third kappa shape index (κ3) is 2.98. The molecule has 1 aromatic rings. The van der Waals surface area contributed by atoms with Gasteiger partial charge < -0.3 is 5.73 Å². The lowest BCUT2D eigenvalue weighted by Gasteiger charge is -2.33. The summed E-state index contributed by atoms with van der Waals surface area (Å²) in [5, 5.41) is -0.545. The third-order valence-corrected chi connectivity index (χ3v) is 6.34. The molecule has 1 aromatic carbocycles. The van der Waals surface area contributed by atoms with E-state index < -0.39 is 20.9 Å². The summed E-state index contributed by atoms with van der Waals surface area (Å²) in [6.07, 6.45) is 3.32. The predicted octanol–water partition coefficient (Wildman–Crippen LogP) is 2.51. The van der Waals surface area contributed by atoms with Crippen LogP contribution in [0.2, 0.25) is 0 Å². The first-order valence-electron chi connectivity index (χ1n) is 6.70. The van der Waals surface area contributed by atoms with E-state index >= 15 is 0 Å². The predicted molar refractivity (Wildman–Crippen MR) is 73.0 cm³/mol. The summed E-state index contributed by atoms with van der Waals surface area (Å²) < 4.78 is 38.0. The minimum Gasteiger partial charge on any atom is -0.327 e. The average molecular weight is 285 g/mol. The molecule has 3 unspecified atom stereocenters. The van der Waals surface area contributed by atoms with Gasteiger partial charge in [0.1, 0.15) is 5.82 Å². The van der Waals surface area contributed by atoms with Gasteiger partial charge in [-0.15, -0.1) is 0 Å². The van der Waals surface area contributed by atoms with Gasteiger partial charge in [-0.3, -0.25) is 0 Å². The number of sulfone groups is 1. The monoisotopic (exact) mass is 285 g/mol. The maximum absolute atomic E-state index is 12.9. The second kappa shape index (κ2) is 5.59. The Morgan fingerprint density at radius 3 is 2.47 bits per heavy atom. The summed E-state index contributed by atoms with van der Waals surface area (Å²) in [4.78, 5) is 0.172. The molecule has 0 aliphatic heterocycles. The van der Waals surface area contributed by atoms with Gasteiger partial charge in [-0.1, -0.05) is 13.3 Å². The Labute approximate surface area is 113 Å². The molecule has 0 heterocycles. The molecule has 106 valence electrons. The van der Waals surface area contributed by atoms with Crippen LogP contribution < -0.4 is 5.73 Å². The normalized spacial score (nSPS) is 28.3. The van der Waals surface area contributed by atoms with Crippen molar-refractivity contribution in [3.8, 4) is 0 Å². The van der Waals surface area contributed by atoms with E-state index in [9.17, 15) is 12.8 Å². The fourth-order valence-corrected chi connectivity index (χ4v) is 4.75. The number of nitrogens with two attached hydrogens (primary N) is 1. The third-order valence-electron chi connectivity index (χ3n) is 4.07. The van der Waals surface area contributed by atoms with E-state index in [1.165, 1.54) is 24.3 Å². The maximum Gasteiger partial charge on any atom is 0.182 e. The zero-order chi connectivity index (χ0) is 14.0. The number of halogens is 1. The zero-order valence-corrected chi connectivity index (χ0v) is 11.9. The van der Waals surface area contributed by atoms with Gasteiger partial charge in [-0.05, 0) is 49.4 Å². The first kappa shape index (κ1) is 14.5. The minimum atomic E-state index is -3.46. The van der Waals surface area contributed by atoms with E-state index in [0.29, 0.717) is 12.3 Å². The van der Waals surface area contributed by atoms with Crippen molar-refractivity contribution in [2.24, 2.45) is 11.7 Å². The molecular formula is C14H20FNO2S. The Bertz CT molecular complexity index is 527. The number of benzene rings is 1. The van der Waals surface area contributed by atoms with Crippen molar-refractivity contribution >= 4 is 9.84 Å². The smallest absolute Gasteiger partial charge is 0.182 e. The van der Waals surface area contributed by atoms with Gasteiger partial charge in [-0.2, -0.15) is 0 Å². The maximum atomic E-state index is 12.9. The highest BCUT2D eigenvalue weighted by atomic mass is 32.2. The Hall–Kier alpha value is -0.940. The van der Waals surface area contributed by atoms with Crippen LogP contribution in [0.1, 0.15) is 32.6 Å². The summed E-state index contributed by atoms with van der Waals surface area (Å²) in [5.74, 6) is -0.0154. The SMILES string of the molecule is CCC1CCC(N)C(S(=O)(=O)c2ccc(F)cc2)C1. The molecule has 2 rings (SSSR count). The van der Waals surface area contributed by atoms with Crippen LogP contribution in [0.5, 0.6) is 0 Å². The fourth-order valence-electron chi connectivity index (χ4n) is 2.76. The lowest BCUT2D eigenvalue weighted by atomic mass is 9.84. The van der Waals surface area contributed by atoms with Crippen molar-refractivity contribution in [3.05, 3.63) is 30.1 Å². The topological polar surface area (TPSA) is 60.2 Å². The molecule has 0 bridgehead atoms. The molecule has 0 amide bonds. The molecule has 0 saturated heterocycles.